The lowest BCUT2D eigenvalue weighted by Crippen LogP contribution is -2.31. The highest BCUT2D eigenvalue weighted by atomic mass is 32.2. The van der Waals surface area contributed by atoms with E-state index in [-0.39, 0.29) is 0 Å². The molecule has 1 aromatic rings. The Kier molecular flexibility index (Phi) is 4.07. The Morgan fingerprint density at radius 3 is 2.78 bits per heavy atom. The molecule has 1 atom stereocenters. The van der Waals surface area contributed by atoms with Crippen molar-refractivity contribution in [3.8, 4) is 0 Å². The third-order valence-corrected chi connectivity index (χ3v) is 4.77. The number of hydrogen-bond donors (Lipinski definition) is 1. The van der Waals surface area contributed by atoms with Crippen LogP contribution in [0.25, 0.3) is 0 Å². The molecule has 18 heavy (non-hydrogen) atoms. The largest absolute Gasteiger partial charge is 0.316 e. The fourth-order valence-electron chi connectivity index (χ4n) is 2.51. The molecule has 1 aliphatic rings. The molecule has 1 N–H and O–H groups in total. The van der Waals surface area contributed by atoms with Gasteiger partial charge in [0.25, 0.3) is 0 Å². The summed E-state index contributed by atoms with van der Waals surface area (Å²) in [5.41, 5.74) is 2.36. The van der Waals surface area contributed by atoms with Crippen molar-refractivity contribution in [2.45, 2.75) is 31.1 Å². The Labute approximate surface area is 110 Å². The Morgan fingerprint density at radius 1 is 1.39 bits per heavy atom. The maximum Gasteiger partial charge on any atom is 0.175 e. The van der Waals surface area contributed by atoms with Gasteiger partial charge in [0.15, 0.2) is 9.84 Å². The summed E-state index contributed by atoms with van der Waals surface area (Å²) in [7, 11) is -3.10. The molecule has 0 radical (unpaired) electrons. The van der Waals surface area contributed by atoms with E-state index in [9.17, 15) is 8.42 Å². The number of piperidine rings is 1. The van der Waals surface area contributed by atoms with E-state index >= 15 is 0 Å². The van der Waals surface area contributed by atoms with Crippen LogP contribution in [0.2, 0.25) is 0 Å². The molecule has 0 bridgehead atoms. The molecule has 0 amide bonds. The van der Waals surface area contributed by atoms with E-state index in [1.807, 2.05) is 12.1 Å². The predicted molar refractivity (Wildman–Crippen MR) is 73.6 cm³/mol. The zero-order valence-electron chi connectivity index (χ0n) is 11.1. The van der Waals surface area contributed by atoms with Gasteiger partial charge in [0.2, 0.25) is 0 Å². The summed E-state index contributed by atoms with van der Waals surface area (Å²) in [6, 6.07) is 5.47. The second-order valence-electron chi connectivity index (χ2n) is 5.28. The summed E-state index contributed by atoms with van der Waals surface area (Å²) < 4.78 is 23.2. The van der Waals surface area contributed by atoms with E-state index in [1.165, 1.54) is 30.2 Å². The molecule has 4 heteroatoms. The smallest absolute Gasteiger partial charge is 0.175 e. The van der Waals surface area contributed by atoms with E-state index in [0.29, 0.717) is 10.8 Å². The van der Waals surface area contributed by atoms with Gasteiger partial charge < -0.3 is 5.32 Å². The van der Waals surface area contributed by atoms with Crippen molar-refractivity contribution < 1.29 is 8.42 Å². The predicted octanol–water partition coefficient (Wildman–Crippen LogP) is 1.94. The van der Waals surface area contributed by atoms with Crippen LogP contribution in [0, 0.1) is 12.8 Å². The first-order valence-corrected chi connectivity index (χ1v) is 8.36. The lowest BCUT2D eigenvalue weighted by atomic mass is 9.90. The van der Waals surface area contributed by atoms with E-state index in [2.05, 4.69) is 12.2 Å². The highest BCUT2D eigenvalue weighted by molar-refractivity contribution is 7.90. The topological polar surface area (TPSA) is 46.2 Å². The summed E-state index contributed by atoms with van der Waals surface area (Å²) in [5, 5.41) is 3.40. The quantitative estimate of drug-likeness (QED) is 0.910. The first-order chi connectivity index (χ1) is 8.47. The van der Waals surface area contributed by atoms with Gasteiger partial charge in [-0.1, -0.05) is 6.07 Å². The van der Waals surface area contributed by atoms with E-state index < -0.39 is 9.84 Å². The zero-order valence-corrected chi connectivity index (χ0v) is 11.9. The fourth-order valence-corrected chi connectivity index (χ4v) is 3.18. The Hall–Kier alpha value is -0.870. The van der Waals surface area contributed by atoms with Crippen molar-refractivity contribution in [3.63, 3.8) is 0 Å². The van der Waals surface area contributed by atoms with Gasteiger partial charge in [-0.05, 0) is 68.5 Å². The molecule has 2 rings (SSSR count). The standard InChI is InChI=1S/C14H21NO2S/c1-11-5-6-14(18(2,16)17)9-13(11)8-12-4-3-7-15-10-12/h5-6,9,12,15H,3-4,7-8,10H2,1-2H3. The van der Waals surface area contributed by atoms with Gasteiger partial charge in [-0.3, -0.25) is 0 Å². The number of nitrogens with one attached hydrogen (secondary N) is 1. The number of sulfone groups is 1. The molecular weight excluding hydrogens is 246 g/mol. The first kappa shape index (κ1) is 13.6. The number of benzene rings is 1. The minimum absolute atomic E-state index is 0.437. The SMILES string of the molecule is Cc1ccc(S(C)(=O)=O)cc1CC1CCCNC1. The second kappa shape index (κ2) is 5.41. The monoisotopic (exact) mass is 267 g/mol. The van der Waals surface area contributed by atoms with Crippen LogP contribution >= 0.6 is 0 Å². The summed E-state index contributed by atoms with van der Waals surface area (Å²) >= 11 is 0. The van der Waals surface area contributed by atoms with E-state index in [4.69, 9.17) is 0 Å². The number of hydrogen-bond acceptors (Lipinski definition) is 3. The summed E-state index contributed by atoms with van der Waals surface area (Å²) in [6.45, 7) is 4.21. The van der Waals surface area contributed by atoms with Crippen LogP contribution in [0.3, 0.4) is 0 Å². The van der Waals surface area contributed by atoms with Crippen molar-refractivity contribution in [2.75, 3.05) is 19.3 Å². The van der Waals surface area contributed by atoms with Crippen LogP contribution in [-0.4, -0.2) is 27.8 Å². The minimum Gasteiger partial charge on any atom is -0.316 e. The van der Waals surface area contributed by atoms with Gasteiger partial charge in [0.1, 0.15) is 0 Å². The van der Waals surface area contributed by atoms with Gasteiger partial charge in [-0.15, -0.1) is 0 Å². The van der Waals surface area contributed by atoms with Crippen LogP contribution in [0.15, 0.2) is 23.1 Å². The molecule has 1 fully saturated rings. The van der Waals surface area contributed by atoms with Gasteiger partial charge in [-0.2, -0.15) is 0 Å². The minimum atomic E-state index is -3.10. The number of rotatable bonds is 3. The third kappa shape index (κ3) is 3.33. The lowest BCUT2D eigenvalue weighted by Gasteiger charge is -2.23. The molecule has 1 saturated heterocycles. The van der Waals surface area contributed by atoms with Gasteiger partial charge in [0.05, 0.1) is 4.90 Å². The van der Waals surface area contributed by atoms with Gasteiger partial charge in [-0.25, -0.2) is 8.42 Å². The molecule has 1 unspecified atom stereocenters. The third-order valence-electron chi connectivity index (χ3n) is 3.66. The summed E-state index contributed by atoms with van der Waals surface area (Å²) in [5.74, 6) is 0.632. The second-order valence-corrected chi connectivity index (χ2v) is 7.29. The lowest BCUT2D eigenvalue weighted by molar-refractivity contribution is 0.375. The van der Waals surface area contributed by atoms with E-state index in [1.54, 1.807) is 6.07 Å². The molecule has 0 saturated carbocycles. The molecule has 0 aromatic heterocycles. The Morgan fingerprint density at radius 2 is 2.17 bits per heavy atom. The Balaban J connectivity index is 2.21. The maximum absolute atomic E-state index is 11.6. The molecular formula is C14H21NO2S. The highest BCUT2D eigenvalue weighted by Gasteiger charge is 2.16. The van der Waals surface area contributed by atoms with Crippen LogP contribution in [0.4, 0.5) is 0 Å². The average Bonchev–Trinajstić information content (AvgIpc) is 2.32. The molecule has 100 valence electrons. The van der Waals surface area contributed by atoms with Crippen molar-refractivity contribution in [3.05, 3.63) is 29.3 Å². The molecule has 1 aromatic carbocycles. The first-order valence-electron chi connectivity index (χ1n) is 6.47. The van der Waals surface area contributed by atoms with Crippen LogP contribution < -0.4 is 5.32 Å². The average molecular weight is 267 g/mol. The maximum atomic E-state index is 11.6. The van der Waals surface area contributed by atoms with E-state index in [0.717, 1.165) is 19.5 Å². The van der Waals surface area contributed by atoms with Crippen molar-refractivity contribution in [2.24, 2.45) is 5.92 Å². The molecule has 1 aliphatic heterocycles. The normalized spacial score (nSPS) is 20.9. The van der Waals surface area contributed by atoms with Crippen molar-refractivity contribution >= 4 is 9.84 Å². The van der Waals surface area contributed by atoms with Crippen molar-refractivity contribution in [1.82, 2.24) is 5.32 Å². The van der Waals surface area contributed by atoms with Crippen molar-refractivity contribution in [1.29, 1.82) is 0 Å². The van der Waals surface area contributed by atoms with Crippen LogP contribution in [-0.2, 0) is 16.3 Å². The van der Waals surface area contributed by atoms with Gasteiger partial charge >= 0.3 is 0 Å². The van der Waals surface area contributed by atoms with Gasteiger partial charge in [0, 0.05) is 6.26 Å². The molecule has 0 aliphatic carbocycles. The fraction of sp³-hybridized carbons (Fsp3) is 0.571. The highest BCUT2D eigenvalue weighted by Crippen LogP contribution is 2.21. The van der Waals surface area contributed by atoms with Crippen LogP contribution in [0.1, 0.15) is 24.0 Å². The molecule has 1 heterocycles. The molecule has 0 spiro atoms. The molecule has 3 nitrogen and oxygen atoms in total. The Bertz CT molecular complexity index is 517. The van der Waals surface area contributed by atoms with Crippen LogP contribution in [0.5, 0.6) is 0 Å². The number of aryl methyl sites for hydroxylation is 1. The zero-order chi connectivity index (χ0) is 13.2. The summed E-state index contributed by atoms with van der Waals surface area (Å²) in [4.78, 5) is 0.437. The summed E-state index contributed by atoms with van der Waals surface area (Å²) in [6.07, 6.45) is 4.69.